The van der Waals surface area contributed by atoms with Crippen molar-refractivity contribution in [3.63, 3.8) is 0 Å². The first kappa shape index (κ1) is 36.5. The molecule has 44 heavy (non-hydrogen) atoms. The van der Waals surface area contributed by atoms with Gasteiger partial charge in [-0.1, -0.05) is 36.4 Å². The van der Waals surface area contributed by atoms with E-state index >= 15 is 0 Å². The molecule has 14 nitrogen and oxygen atoms in total. The van der Waals surface area contributed by atoms with Crippen molar-refractivity contribution in [2.75, 3.05) is 25.7 Å². The van der Waals surface area contributed by atoms with Gasteiger partial charge in [-0.15, -0.1) is 0 Å². The topological polar surface area (TPSA) is 217 Å². The van der Waals surface area contributed by atoms with E-state index in [-0.39, 0.29) is 38.2 Å². The second-order valence-corrected chi connectivity index (χ2v) is 14.2. The summed E-state index contributed by atoms with van der Waals surface area (Å²) in [4.78, 5) is 38.2. The van der Waals surface area contributed by atoms with E-state index in [1.807, 2.05) is 6.07 Å². The van der Waals surface area contributed by atoms with E-state index in [2.05, 4.69) is 10.6 Å². The highest BCUT2D eigenvalue weighted by atomic mass is 32.2. The molecule has 0 aromatic heterocycles. The number of carbonyl (C=O) groups excluding carboxylic acids is 3. The van der Waals surface area contributed by atoms with E-state index in [4.69, 9.17) is 23.9 Å². The molecule has 1 aliphatic heterocycles. The number of alkyl carbamates (subject to hydrolysis) is 1. The lowest BCUT2D eigenvalue weighted by Gasteiger charge is -2.37. The van der Waals surface area contributed by atoms with E-state index in [9.17, 15) is 31.2 Å². The van der Waals surface area contributed by atoms with Crippen molar-refractivity contribution in [2.24, 2.45) is 5.73 Å². The highest BCUT2D eigenvalue weighted by Gasteiger charge is 2.43. The standard InChI is InChI=1S/C27H35N3O8S.CH4O3S/c1-26(2,3)37-25(33)30-27(12-14-36-15-13-27)24(32)29-22(23(28)31)16-18-8-10-19(11-9-18)20-6-5-7-21(17-20)38-39(4,34)35;1-5(2,3)4/h5-11,17,22H,12-16H2,1-4H3,(H2,28,31)(H,29,32)(H,30,33);1H3,(H,2,3,4)/t22-;/m0./s1. The molecule has 0 unspecified atom stereocenters. The van der Waals surface area contributed by atoms with Crippen molar-refractivity contribution in [1.29, 1.82) is 0 Å². The largest absolute Gasteiger partial charge is 0.444 e. The number of amides is 3. The number of nitrogens with one attached hydrogen (secondary N) is 2. The summed E-state index contributed by atoms with van der Waals surface area (Å²) in [6, 6.07) is 12.8. The van der Waals surface area contributed by atoms with Crippen LogP contribution in [0.4, 0.5) is 4.79 Å². The van der Waals surface area contributed by atoms with Crippen molar-refractivity contribution < 1.29 is 49.4 Å². The maximum absolute atomic E-state index is 13.4. The number of primary amides is 1. The molecule has 2 aromatic rings. The molecule has 16 heteroatoms. The van der Waals surface area contributed by atoms with Crippen LogP contribution in [0.2, 0.25) is 0 Å². The summed E-state index contributed by atoms with van der Waals surface area (Å²) in [5.74, 6) is -1.07. The Bertz CT molecular complexity index is 1520. The van der Waals surface area contributed by atoms with Crippen LogP contribution in [0.5, 0.6) is 5.75 Å². The predicted octanol–water partition coefficient (Wildman–Crippen LogP) is 1.78. The Labute approximate surface area is 257 Å². The molecule has 2 aromatic carbocycles. The lowest BCUT2D eigenvalue weighted by Crippen LogP contribution is -2.64. The first-order valence-electron chi connectivity index (χ1n) is 13.4. The monoisotopic (exact) mass is 657 g/mol. The Morgan fingerprint density at radius 2 is 1.57 bits per heavy atom. The number of ether oxygens (including phenoxy) is 2. The average molecular weight is 658 g/mol. The molecular formula is C28H39N3O11S2. The number of nitrogens with two attached hydrogens (primary N) is 1. The molecule has 0 bridgehead atoms. The molecule has 0 radical (unpaired) electrons. The van der Waals surface area contributed by atoms with E-state index in [0.29, 0.717) is 6.26 Å². The zero-order valence-corrected chi connectivity index (χ0v) is 26.8. The number of hydrogen-bond acceptors (Lipinski definition) is 10. The predicted molar refractivity (Wildman–Crippen MR) is 162 cm³/mol. The van der Waals surface area contributed by atoms with Gasteiger partial charge in [0.05, 0.1) is 12.5 Å². The molecule has 5 N–H and O–H groups in total. The van der Waals surface area contributed by atoms with Crippen LogP contribution in [0.25, 0.3) is 11.1 Å². The summed E-state index contributed by atoms with van der Waals surface area (Å²) in [7, 11) is -7.32. The summed E-state index contributed by atoms with van der Waals surface area (Å²) in [6.07, 6.45) is 1.49. The Morgan fingerprint density at radius 3 is 2.07 bits per heavy atom. The fourth-order valence-corrected chi connectivity index (χ4v) is 4.57. The molecule has 1 fully saturated rings. The van der Waals surface area contributed by atoms with E-state index in [0.717, 1.165) is 22.9 Å². The molecule has 0 saturated carbocycles. The highest BCUT2D eigenvalue weighted by molar-refractivity contribution is 7.86. The summed E-state index contributed by atoms with van der Waals surface area (Å²) in [5, 5.41) is 5.39. The van der Waals surface area contributed by atoms with Crippen molar-refractivity contribution in [1.82, 2.24) is 10.6 Å². The number of hydrogen-bond donors (Lipinski definition) is 4. The van der Waals surface area contributed by atoms with Crippen LogP contribution >= 0.6 is 0 Å². The lowest BCUT2D eigenvalue weighted by molar-refractivity contribution is -0.135. The summed E-state index contributed by atoms with van der Waals surface area (Å²) < 4.78 is 64.4. The van der Waals surface area contributed by atoms with Crippen LogP contribution in [-0.4, -0.2) is 82.2 Å². The quantitative estimate of drug-likeness (QED) is 0.225. The van der Waals surface area contributed by atoms with Crippen LogP contribution in [0.3, 0.4) is 0 Å². The Hall–Kier alpha value is -3.73. The van der Waals surface area contributed by atoms with Crippen LogP contribution in [0, 0.1) is 0 Å². The molecule has 1 aliphatic rings. The Kier molecular flexibility index (Phi) is 12.3. The molecule has 3 amide bonds. The summed E-state index contributed by atoms with van der Waals surface area (Å²) in [5.41, 5.74) is 5.82. The molecule has 3 rings (SSSR count). The zero-order valence-electron chi connectivity index (χ0n) is 25.2. The Morgan fingerprint density at radius 1 is 1.00 bits per heavy atom. The Balaban J connectivity index is 0.00000125. The number of carbonyl (C=O) groups is 3. The van der Waals surface area contributed by atoms with Crippen molar-refractivity contribution in [2.45, 2.75) is 57.2 Å². The summed E-state index contributed by atoms with van der Waals surface area (Å²) in [6.45, 7) is 5.66. The van der Waals surface area contributed by atoms with Crippen molar-refractivity contribution in [3.05, 3.63) is 54.1 Å². The molecule has 244 valence electrons. The van der Waals surface area contributed by atoms with Gasteiger partial charge in [0.1, 0.15) is 22.9 Å². The molecule has 0 aliphatic carbocycles. The number of benzene rings is 2. The highest BCUT2D eigenvalue weighted by Crippen LogP contribution is 2.26. The minimum absolute atomic E-state index is 0.123. The first-order valence-corrected chi connectivity index (χ1v) is 17.0. The molecule has 1 heterocycles. The van der Waals surface area contributed by atoms with Crippen LogP contribution in [0.1, 0.15) is 39.2 Å². The van der Waals surface area contributed by atoms with Gasteiger partial charge in [-0.25, -0.2) is 4.79 Å². The van der Waals surface area contributed by atoms with Gasteiger partial charge >= 0.3 is 16.2 Å². The van der Waals surface area contributed by atoms with Crippen molar-refractivity contribution in [3.8, 4) is 16.9 Å². The average Bonchev–Trinajstić information content (AvgIpc) is 2.86. The third-order valence-electron chi connectivity index (χ3n) is 5.98. The second-order valence-electron chi connectivity index (χ2n) is 11.2. The van der Waals surface area contributed by atoms with E-state index < -0.39 is 55.3 Å². The smallest absolute Gasteiger partial charge is 0.408 e. The summed E-state index contributed by atoms with van der Waals surface area (Å²) >= 11 is 0. The maximum atomic E-state index is 13.4. The van der Waals surface area contributed by atoms with Gasteiger partial charge in [0.25, 0.3) is 10.1 Å². The molecule has 0 spiro atoms. The molecule has 1 atom stereocenters. The molecule has 1 saturated heterocycles. The van der Waals surface area contributed by atoms with Crippen LogP contribution in [0.15, 0.2) is 48.5 Å². The van der Waals surface area contributed by atoms with Gasteiger partial charge in [-0.2, -0.15) is 16.8 Å². The maximum Gasteiger partial charge on any atom is 0.408 e. The second kappa shape index (κ2) is 14.8. The van der Waals surface area contributed by atoms with E-state index in [1.54, 1.807) is 63.2 Å². The fraction of sp³-hybridized carbons (Fsp3) is 0.464. The van der Waals surface area contributed by atoms with Gasteiger partial charge in [-0.3, -0.25) is 14.1 Å². The van der Waals surface area contributed by atoms with Gasteiger partial charge in [0.15, 0.2) is 0 Å². The van der Waals surface area contributed by atoms with Gasteiger partial charge in [0.2, 0.25) is 11.8 Å². The fourth-order valence-electron chi connectivity index (χ4n) is 4.12. The van der Waals surface area contributed by atoms with Gasteiger partial charge in [-0.05, 0) is 49.6 Å². The minimum Gasteiger partial charge on any atom is -0.444 e. The normalized spacial score (nSPS) is 15.5. The molecular weight excluding hydrogens is 618 g/mol. The SMILES string of the molecule is CC(C)(C)OC(=O)NC1(C(=O)N[C@@H](Cc2ccc(-c3cccc(OS(C)(=O)=O)c3)cc2)C(N)=O)CCOCC1.CS(=O)(=O)O. The zero-order chi connectivity index (χ0) is 33.3. The van der Waals surface area contributed by atoms with Gasteiger partial charge < -0.3 is 30.0 Å². The van der Waals surface area contributed by atoms with Crippen molar-refractivity contribution >= 4 is 38.1 Å². The van der Waals surface area contributed by atoms with Gasteiger partial charge in [0, 0.05) is 32.5 Å². The van der Waals surface area contributed by atoms with Crippen LogP contribution < -0.4 is 20.6 Å². The minimum atomic E-state index is -3.67. The lowest BCUT2D eigenvalue weighted by atomic mass is 9.88. The van der Waals surface area contributed by atoms with E-state index in [1.165, 1.54) is 0 Å². The first-order chi connectivity index (χ1) is 20.2. The number of rotatable bonds is 9. The van der Waals surface area contributed by atoms with Crippen LogP contribution in [-0.2, 0) is 45.7 Å². The third-order valence-corrected chi connectivity index (χ3v) is 6.47. The third kappa shape index (κ3) is 13.3.